The molecule has 0 heterocycles. The third kappa shape index (κ3) is 40.5. The Kier molecular flexibility index (Phi) is 36.1. The number of carbonyl (C=O) groups excluding carboxylic acids is 1. The van der Waals surface area contributed by atoms with Crippen molar-refractivity contribution in [2.75, 3.05) is 54.1 Å². The lowest BCUT2D eigenvalue weighted by Gasteiger charge is -2.24. The second-order valence-corrected chi connectivity index (χ2v) is 17.5. The molecule has 0 saturated heterocycles. The summed E-state index contributed by atoms with van der Waals surface area (Å²) in [4.78, 5) is 22.8. The number of phosphoric ester groups is 1. The highest BCUT2D eigenvalue weighted by Crippen LogP contribution is 2.43. The molecule has 0 fully saturated rings. The van der Waals surface area contributed by atoms with Crippen molar-refractivity contribution in [1.29, 1.82) is 0 Å². The number of esters is 1. The van der Waals surface area contributed by atoms with Crippen LogP contribution in [-0.4, -0.2) is 75.6 Å². The van der Waals surface area contributed by atoms with Gasteiger partial charge in [0.25, 0.3) is 0 Å². The molecule has 1 N–H and O–H groups in total. The Bertz CT molecular complexity index is 792. The van der Waals surface area contributed by atoms with Gasteiger partial charge in [0.1, 0.15) is 19.3 Å². The van der Waals surface area contributed by atoms with Gasteiger partial charge in [-0.2, -0.15) is 0 Å². The van der Waals surface area contributed by atoms with E-state index in [-0.39, 0.29) is 25.8 Å². The summed E-state index contributed by atoms with van der Waals surface area (Å²) >= 11 is 0. The van der Waals surface area contributed by atoms with E-state index in [0.29, 0.717) is 24.1 Å². The summed E-state index contributed by atoms with van der Waals surface area (Å²) in [7, 11) is 1.68. The molecule has 0 aromatic carbocycles. The first-order valence-corrected chi connectivity index (χ1v) is 23.3. The van der Waals surface area contributed by atoms with Gasteiger partial charge in [0, 0.05) is 13.0 Å². The van der Waals surface area contributed by atoms with Crippen LogP contribution in [0.1, 0.15) is 206 Å². The Labute approximate surface area is 317 Å². The minimum atomic E-state index is -4.26. The van der Waals surface area contributed by atoms with Crippen LogP contribution >= 0.6 is 7.82 Å². The second-order valence-electron chi connectivity index (χ2n) is 16.1. The van der Waals surface area contributed by atoms with Gasteiger partial charge in [-0.1, -0.05) is 187 Å². The summed E-state index contributed by atoms with van der Waals surface area (Å²) in [6.07, 6.45) is 37.1. The molecule has 0 saturated carbocycles. The van der Waals surface area contributed by atoms with Crippen LogP contribution in [0.4, 0.5) is 0 Å². The van der Waals surface area contributed by atoms with Gasteiger partial charge in [-0.15, -0.1) is 0 Å². The molecule has 0 bridgehead atoms. The van der Waals surface area contributed by atoms with Crippen LogP contribution in [0.2, 0.25) is 0 Å². The first-order chi connectivity index (χ1) is 24.6. The average Bonchev–Trinajstić information content (AvgIpc) is 3.08. The minimum Gasteiger partial charge on any atom is -0.457 e. The van der Waals surface area contributed by atoms with Gasteiger partial charge < -0.3 is 18.9 Å². The SMILES string of the molecule is CCCCCCCCCCCCCCCCCCCCCCCC(=O)OC(COCCCCCCCCCC)COP(=O)(O)OCC[N+](C)(C)C. The Morgan fingerprint density at radius 1 is 0.529 bits per heavy atom. The maximum atomic E-state index is 12.6. The number of rotatable bonds is 41. The number of hydrogen-bond acceptors (Lipinski definition) is 6. The molecule has 2 unspecified atom stereocenters. The molecule has 306 valence electrons. The third-order valence-corrected chi connectivity index (χ3v) is 10.7. The molecule has 51 heavy (non-hydrogen) atoms. The highest BCUT2D eigenvalue weighted by Gasteiger charge is 2.26. The molecular formula is C42H87NO7P+. The summed E-state index contributed by atoms with van der Waals surface area (Å²) < 4.78 is 34.9. The number of likely N-dealkylation sites (N-methyl/N-ethyl adjacent to an activating group) is 1. The number of quaternary nitrogens is 1. The van der Waals surface area contributed by atoms with Crippen molar-refractivity contribution in [3.8, 4) is 0 Å². The molecule has 2 atom stereocenters. The fourth-order valence-corrected chi connectivity index (χ4v) is 7.00. The van der Waals surface area contributed by atoms with Crippen molar-refractivity contribution < 1.29 is 37.3 Å². The standard InChI is InChI=1S/C42H86NO7P/c1-6-8-10-12-14-16-17-18-19-20-21-22-23-24-25-26-27-28-29-31-33-35-42(44)50-41(39-47-37-34-32-30-15-13-11-9-7-2)40-49-51(45,46)48-38-36-43(3,4)5/h41H,6-40H2,1-5H3/p+1. The molecule has 0 spiro atoms. The molecule has 0 aromatic rings. The Morgan fingerprint density at radius 3 is 1.29 bits per heavy atom. The smallest absolute Gasteiger partial charge is 0.457 e. The van der Waals surface area contributed by atoms with E-state index in [4.69, 9.17) is 18.5 Å². The lowest BCUT2D eigenvalue weighted by atomic mass is 10.0. The monoisotopic (exact) mass is 749 g/mol. The summed E-state index contributed by atoms with van der Waals surface area (Å²) in [5.41, 5.74) is 0. The van der Waals surface area contributed by atoms with E-state index >= 15 is 0 Å². The van der Waals surface area contributed by atoms with Crippen LogP contribution in [0.15, 0.2) is 0 Å². The zero-order chi connectivity index (χ0) is 37.7. The number of phosphoric acid groups is 1. The quantitative estimate of drug-likeness (QED) is 0.0288. The number of hydrogen-bond donors (Lipinski definition) is 1. The summed E-state index contributed by atoms with van der Waals surface area (Å²) in [6, 6.07) is 0. The van der Waals surface area contributed by atoms with E-state index in [2.05, 4.69) is 13.8 Å². The first kappa shape index (κ1) is 50.5. The van der Waals surface area contributed by atoms with Gasteiger partial charge >= 0.3 is 13.8 Å². The number of carbonyl (C=O) groups is 1. The molecule has 0 rings (SSSR count). The van der Waals surface area contributed by atoms with Crippen LogP contribution in [0, 0.1) is 0 Å². The third-order valence-electron chi connectivity index (χ3n) is 9.67. The maximum Gasteiger partial charge on any atom is 0.472 e. The Hall–Kier alpha value is -0.500. The van der Waals surface area contributed by atoms with E-state index in [1.165, 1.54) is 154 Å². The van der Waals surface area contributed by atoms with Gasteiger partial charge in [0.05, 0.1) is 34.4 Å². The van der Waals surface area contributed by atoms with Crippen LogP contribution in [-0.2, 0) is 27.9 Å². The normalized spacial score (nSPS) is 13.8. The molecule has 8 nitrogen and oxygen atoms in total. The second kappa shape index (κ2) is 36.5. The van der Waals surface area contributed by atoms with Crippen LogP contribution in [0.5, 0.6) is 0 Å². The average molecular weight is 749 g/mol. The van der Waals surface area contributed by atoms with E-state index in [1.807, 2.05) is 21.1 Å². The predicted octanol–water partition coefficient (Wildman–Crippen LogP) is 12.5. The Morgan fingerprint density at radius 2 is 0.902 bits per heavy atom. The fraction of sp³-hybridized carbons (Fsp3) is 0.976. The number of nitrogens with zero attached hydrogens (tertiary/aromatic N) is 1. The number of unbranched alkanes of at least 4 members (excludes halogenated alkanes) is 27. The van der Waals surface area contributed by atoms with Crippen LogP contribution in [0.25, 0.3) is 0 Å². The summed E-state index contributed by atoms with van der Waals surface area (Å²) in [6.45, 7) is 5.65. The molecule has 0 aliphatic rings. The van der Waals surface area contributed by atoms with Gasteiger partial charge in [0.2, 0.25) is 0 Å². The number of ether oxygens (including phenoxy) is 2. The van der Waals surface area contributed by atoms with Crippen molar-refractivity contribution in [2.45, 2.75) is 213 Å². The van der Waals surface area contributed by atoms with Gasteiger partial charge in [0.15, 0.2) is 0 Å². The predicted molar refractivity (Wildman–Crippen MR) is 215 cm³/mol. The van der Waals surface area contributed by atoms with Crippen LogP contribution < -0.4 is 0 Å². The zero-order valence-corrected chi connectivity index (χ0v) is 35.5. The summed E-state index contributed by atoms with van der Waals surface area (Å²) in [5, 5.41) is 0. The van der Waals surface area contributed by atoms with Crippen molar-refractivity contribution >= 4 is 13.8 Å². The molecule has 0 aromatic heterocycles. The molecule has 0 aliphatic heterocycles. The lowest BCUT2D eigenvalue weighted by Crippen LogP contribution is -2.37. The van der Waals surface area contributed by atoms with E-state index in [1.54, 1.807) is 0 Å². The first-order valence-electron chi connectivity index (χ1n) is 21.8. The van der Waals surface area contributed by atoms with E-state index in [9.17, 15) is 14.3 Å². The Balaban J connectivity index is 4.04. The molecule has 0 radical (unpaired) electrons. The molecule has 9 heteroatoms. The van der Waals surface area contributed by atoms with Crippen molar-refractivity contribution in [3.05, 3.63) is 0 Å². The maximum absolute atomic E-state index is 12.6. The zero-order valence-electron chi connectivity index (χ0n) is 34.6. The van der Waals surface area contributed by atoms with Gasteiger partial charge in [-0.3, -0.25) is 13.8 Å². The van der Waals surface area contributed by atoms with Gasteiger partial charge in [-0.25, -0.2) is 4.57 Å². The van der Waals surface area contributed by atoms with Gasteiger partial charge in [-0.05, 0) is 12.8 Å². The molecule has 0 aliphatic carbocycles. The van der Waals surface area contributed by atoms with E-state index in [0.717, 1.165) is 32.1 Å². The highest BCUT2D eigenvalue weighted by atomic mass is 31.2. The van der Waals surface area contributed by atoms with Crippen molar-refractivity contribution in [2.24, 2.45) is 0 Å². The van der Waals surface area contributed by atoms with E-state index < -0.39 is 13.9 Å². The van der Waals surface area contributed by atoms with Crippen molar-refractivity contribution in [3.63, 3.8) is 0 Å². The van der Waals surface area contributed by atoms with Crippen molar-refractivity contribution in [1.82, 2.24) is 0 Å². The van der Waals surface area contributed by atoms with Crippen LogP contribution in [0.3, 0.4) is 0 Å². The highest BCUT2D eigenvalue weighted by molar-refractivity contribution is 7.47. The topological polar surface area (TPSA) is 91.3 Å². The largest absolute Gasteiger partial charge is 0.472 e. The fourth-order valence-electron chi connectivity index (χ4n) is 6.26. The molecule has 0 amide bonds. The lowest BCUT2D eigenvalue weighted by molar-refractivity contribution is -0.870. The minimum absolute atomic E-state index is 0.0934. The summed E-state index contributed by atoms with van der Waals surface area (Å²) in [5.74, 6) is -0.309. The molecular weight excluding hydrogens is 661 g/mol.